The van der Waals surface area contributed by atoms with Crippen LogP contribution in [0.15, 0.2) is 96.1 Å². The minimum Gasteiger partial charge on any atom is -0.477 e. The maximum atomic E-state index is 11.1. The van der Waals surface area contributed by atoms with Crippen molar-refractivity contribution in [3.05, 3.63) is 128 Å². The molecule has 0 bridgehead atoms. The van der Waals surface area contributed by atoms with E-state index in [9.17, 15) is 4.79 Å². The number of carboxylic acids is 1. The number of nitriles is 1. The molecule has 1 heterocycles. The average Bonchev–Trinajstić information content (AvgIpc) is 2.84. The van der Waals surface area contributed by atoms with Gasteiger partial charge in [-0.1, -0.05) is 47.5 Å². The van der Waals surface area contributed by atoms with Crippen molar-refractivity contribution in [1.82, 2.24) is 0 Å². The zero-order valence-corrected chi connectivity index (χ0v) is 19.2. The van der Waals surface area contributed by atoms with Crippen molar-refractivity contribution in [1.29, 1.82) is 5.26 Å². The third-order valence-corrected chi connectivity index (χ3v) is 5.51. The van der Waals surface area contributed by atoms with Gasteiger partial charge in [0.1, 0.15) is 23.2 Å². The number of halogens is 2. The third-order valence-electron chi connectivity index (χ3n) is 5.00. The molecule has 1 aliphatic rings. The molecule has 0 unspecified atom stereocenters. The molecule has 0 saturated heterocycles. The highest BCUT2D eigenvalue weighted by atomic mass is 35.5. The van der Waals surface area contributed by atoms with Gasteiger partial charge < -0.3 is 9.84 Å². The molecule has 0 atom stereocenters. The lowest BCUT2D eigenvalue weighted by atomic mass is 10.0. The van der Waals surface area contributed by atoms with Crippen molar-refractivity contribution in [2.45, 2.75) is 0 Å². The van der Waals surface area contributed by atoms with E-state index >= 15 is 0 Å². The molecular weight excluding hydrogens is 469 g/mol. The molecule has 0 spiro atoms. The Morgan fingerprint density at radius 2 is 1.26 bits per heavy atom. The van der Waals surface area contributed by atoms with Crippen LogP contribution in [0.1, 0.15) is 22.3 Å². The number of rotatable bonds is 5. The first-order chi connectivity index (χ1) is 16.4. The lowest BCUT2D eigenvalue weighted by molar-refractivity contribution is -0.132. The summed E-state index contributed by atoms with van der Waals surface area (Å²) in [5.74, 6) is 0.0979. The highest BCUT2D eigenvalue weighted by molar-refractivity contribution is 6.30. The van der Waals surface area contributed by atoms with E-state index in [2.05, 4.69) is 0 Å². The number of carboxylic acid groups (broad SMARTS) is 1. The number of benzene rings is 3. The van der Waals surface area contributed by atoms with Crippen molar-refractivity contribution >= 4 is 52.8 Å². The molecule has 1 aliphatic heterocycles. The van der Waals surface area contributed by atoms with Crippen LogP contribution < -0.4 is 0 Å². The van der Waals surface area contributed by atoms with Gasteiger partial charge in [0.15, 0.2) is 0 Å². The van der Waals surface area contributed by atoms with Crippen LogP contribution in [0.4, 0.5) is 0 Å². The normalized spacial score (nSPS) is 13.3. The molecule has 4 nitrogen and oxygen atoms in total. The fourth-order valence-electron chi connectivity index (χ4n) is 3.31. The number of allylic oxidation sites excluding steroid dienone is 3. The Kier molecular flexibility index (Phi) is 6.98. The first kappa shape index (κ1) is 23.1. The van der Waals surface area contributed by atoms with Crippen molar-refractivity contribution in [2.75, 3.05) is 0 Å². The van der Waals surface area contributed by atoms with Crippen molar-refractivity contribution in [2.24, 2.45) is 0 Å². The lowest BCUT2D eigenvalue weighted by Crippen LogP contribution is -1.99. The van der Waals surface area contributed by atoms with E-state index in [4.69, 9.17) is 38.3 Å². The van der Waals surface area contributed by atoms with Crippen molar-refractivity contribution in [3.8, 4) is 6.07 Å². The van der Waals surface area contributed by atoms with Crippen LogP contribution in [0.25, 0.3) is 23.7 Å². The topological polar surface area (TPSA) is 70.3 Å². The second-order valence-corrected chi connectivity index (χ2v) is 8.29. The van der Waals surface area contributed by atoms with Gasteiger partial charge in [-0.25, -0.2) is 4.79 Å². The molecule has 4 rings (SSSR count). The standard InChI is InChI=1S/C28H17Cl2NO3/c29-24-9-5-21(6-10-24)26-15-20(16-27(34-26)22-7-11-25(30)12-8-22)13-18-1-3-19(4-2-18)14-23(17-31)28(32)33/h1-16H,(H,32,33)/b23-14-. The number of carbonyl (C=O) groups is 1. The molecule has 6 heteroatoms. The lowest BCUT2D eigenvalue weighted by Gasteiger charge is -2.19. The molecular formula is C28H17Cl2NO3. The van der Waals surface area contributed by atoms with E-state index in [1.54, 1.807) is 18.2 Å². The van der Waals surface area contributed by atoms with Crippen LogP contribution in [-0.4, -0.2) is 11.1 Å². The Hall–Kier alpha value is -4.04. The van der Waals surface area contributed by atoms with E-state index in [1.165, 1.54) is 6.08 Å². The summed E-state index contributed by atoms with van der Waals surface area (Å²) in [5, 5.41) is 19.3. The molecule has 0 saturated carbocycles. The van der Waals surface area contributed by atoms with Gasteiger partial charge in [-0.3, -0.25) is 0 Å². The highest BCUT2D eigenvalue weighted by Gasteiger charge is 2.15. The molecule has 3 aromatic carbocycles. The van der Waals surface area contributed by atoms with Crippen molar-refractivity contribution < 1.29 is 14.6 Å². The van der Waals surface area contributed by atoms with Crippen LogP contribution in [0, 0.1) is 11.3 Å². The Balaban J connectivity index is 1.71. The van der Waals surface area contributed by atoms with Crippen LogP contribution >= 0.6 is 23.2 Å². The van der Waals surface area contributed by atoms with Gasteiger partial charge in [-0.15, -0.1) is 0 Å². The SMILES string of the molecule is N#C/C(=C/c1ccc(C=C2C=C(c3ccc(Cl)cc3)OC(c3ccc(Cl)cc3)=C2)cc1)C(=O)O. The minimum atomic E-state index is -1.25. The van der Waals surface area contributed by atoms with Crippen molar-refractivity contribution in [3.63, 3.8) is 0 Å². The summed E-state index contributed by atoms with van der Waals surface area (Å²) < 4.78 is 6.21. The summed E-state index contributed by atoms with van der Waals surface area (Å²) in [6.45, 7) is 0. The van der Waals surface area contributed by atoms with Gasteiger partial charge in [-0.2, -0.15) is 5.26 Å². The van der Waals surface area contributed by atoms with Crippen LogP contribution in [0.2, 0.25) is 10.0 Å². The molecule has 0 aromatic heterocycles. The summed E-state index contributed by atoms with van der Waals surface area (Å²) in [7, 11) is 0. The van der Waals surface area contributed by atoms with E-state index in [0.29, 0.717) is 27.1 Å². The second-order valence-electron chi connectivity index (χ2n) is 7.42. The molecule has 34 heavy (non-hydrogen) atoms. The van der Waals surface area contributed by atoms with Gasteiger partial charge in [0.25, 0.3) is 0 Å². The first-order valence-corrected chi connectivity index (χ1v) is 11.0. The number of nitrogens with zero attached hydrogens (tertiary/aromatic N) is 1. The fraction of sp³-hybridized carbons (Fsp3) is 0. The summed E-state index contributed by atoms with van der Waals surface area (Å²) in [6.07, 6.45) is 7.21. The highest BCUT2D eigenvalue weighted by Crippen LogP contribution is 2.33. The van der Waals surface area contributed by atoms with Gasteiger partial charge in [0.05, 0.1) is 0 Å². The molecule has 0 aliphatic carbocycles. The molecule has 166 valence electrons. The van der Waals surface area contributed by atoms with E-state index < -0.39 is 5.97 Å². The zero-order chi connectivity index (χ0) is 24.1. The van der Waals surface area contributed by atoms with Crippen LogP contribution in [0.3, 0.4) is 0 Å². The smallest absolute Gasteiger partial charge is 0.346 e. The summed E-state index contributed by atoms with van der Waals surface area (Å²) in [4.78, 5) is 11.1. The van der Waals surface area contributed by atoms with Gasteiger partial charge in [0.2, 0.25) is 0 Å². The quantitative estimate of drug-likeness (QED) is 0.300. The van der Waals surface area contributed by atoms with Crippen LogP contribution in [0.5, 0.6) is 0 Å². The predicted molar refractivity (Wildman–Crippen MR) is 136 cm³/mol. The van der Waals surface area contributed by atoms with E-state index in [0.717, 1.165) is 22.3 Å². The average molecular weight is 486 g/mol. The maximum Gasteiger partial charge on any atom is 0.346 e. The predicted octanol–water partition coefficient (Wildman–Crippen LogP) is 7.48. The second kappa shape index (κ2) is 10.3. The minimum absolute atomic E-state index is 0.318. The number of aliphatic carboxylic acids is 1. The number of hydrogen-bond donors (Lipinski definition) is 1. The number of hydrogen-bond acceptors (Lipinski definition) is 3. The fourth-order valence-corrected chi connectivity index (χ4v) is 3.56. The largest absolute Gasteiger partial charge is 0.477 e. The Morgan fingerprint density at radius 3 is 1.71 bits per heavy atom. The monoisotopic (exact) mass is 485 g/mol. The van der Waals surface area contributed by atoms with Crippen LogP contribution in [-0.2, 0) is 9.53 Å². The summed E-state index contributed by atoms with van der Waals surface area (Å²) in [6, 6.07) is 23.7. The van der Waals surface area contributed by atoms with Gasteiger partial charge >= 0.3 is 5.97 Å². The van der Waals surface area contributed by atoms with Gasteiger partial charge in [-0.05, 0) is 89.5 Å². The van der Waals surface area contributed by atoms with E-state index in [-0.39, 0.29) is 5.57 Å². The maximum absolute atomic E-state index is 11.1. The molecule has 0 amide bonds. The molecule has 3 aromatic rings. The Labute approximate surface area is 206 Å². The Bertz CT molecular complexity index is 1330. The Morgan fingerprint density at radius 1 is 0.794 bits per heavy atom. The first-order valence-electron chi connectivity index (χ1n) is 10.2. The summed E-state index contributed by atoms with van der Waals surface area (Å²) in [5.41, 5.74) is 3.89. The molecule has 1 N–H and O–H groups in total. The summed E-state index contributed by atoms with van der Waals surface area (Å²) >= 11 is 12.1. The van der Waals surface area contributed by atoms with Gasteiger partial charge in [0, 0.05) is 21.2 Å². The number of ether oxygens (including phenoxy) is 1. The molecule has 0 radical (unpaired) electrons. The zero-order valence-electron chi connectivity index (χ0n) is 17.7. The third kappa shape index (κ3) is 5.65. The molecule has 0 fully saturated rings. The van der Waals surface area contributed by atoms with E-state index in [1.807, 2.05) is 78.9 Å².